The van der Waals surface area contributed by atoms with Crippen molar-refractivity contribution in [3.63, 3.8) is 0 Å². The SMILES string of the molecule is CCOS(=O)(=O)Oc1ccc(/C=C/c2ccc(N(C)CCO)cc2)cc1. The van der Waals surface area contributed by atoms with E-state index in [-0.39, 0.29) is 19.0 Å². The van der Waals surface area contributed by atoms with E-state index in [2.05, 4.69) is 4.18 Å². The second-order valence-corrected chi connectivity index (χ2v) is 6.76. The van der Waals surface area contributed by atoms with E-state index in [1.165, 1.54) is 0 Å². The summed E-state index contributed by atoms with van der Waals surface area (Å²) in [6.45, 7) is 2.30. The van der Waals surface area contributed by atoms with Crippen LogP contribution in [-0.2, 0) is 14.6 Å². The number of benzene rings is 2. The Kier molecular flexibility index (Phi) is 7.20. The van der Waals surface area contributed by atoms with Gasteiger partial charge in [-0.15, -0.1) is 0 Å². The number of rotatable bonds is 9. The Morgan fingerprint density at radius 3 is 2.04 bits per heavy atom. The van der Waals surface area contributed by atoms with Crippen LogP contribution in [-0.4, -0.2) is 40.3 Å². The maximum atomic E-state index is 11.4. The Morgan fingerprint density at radius 2 is 1.54 bits per heavy atom. The third-order valence-electron chi connectivity index (χ3n) is 3.58. The highest BCUT2D eigenvalue weighted by molar-refractivity contribution is 7.82. The summed E-state index contributed by atoms with van der Waals surface area (Å²) < 4.78 is 32.2. The molecule has 7 heteroatoms. The molecule has 2 rings (SSSR count). The Hall–Kier alpha value is -2.35. The van der Waals surface area contributed by atoms with E-state index in [1.54, 1.807) is 31.2 Å². The topological polar surface area (TPSA) is 76.1 Å². The van der Waals surface area contributed by atoms with Gasteiger partial charge in [-0.05, 0) is 42.3 Å². The van der Waals surface area contributed by atoms with Gasteiger partial charge in [0.05, 0.1) is 13.2 Å². The predicted molar refractivity (Wildman–Crippen MR) is 103 cm³/mol. The minimum atomic E-state index is -4.01. The summed E-state index contributed by atoms with van der Waals surface area (Å²) in [5.41, 5.74) is 2.98. The highest BCUT2D eigenvalue weighted by atomic mass is 32.3. The molecule has 0 amide bonds. The number of nitrogens with zero attached hydrogens (tertiary/aromatic N) is 1. The smallest absolute Gasteiger partial charge is 0.395 e. The molecule has 0 aromatic heterocycles. The first-order valence-corrected chi connectivity index (χ1v) is 9.56. The molecule has 0 aliphatic heterocycles. The van der Waals surface area contributed by atoms with Crippen LogP contribution in [0, 0.1) is 0 Å². The minimum absolute atomic E-state index is 0.0255. The minimum Gasteiger partial charge on any atom is -0.395 e. The lowest BCUT2D eigenvalue weighted by Crippen LogP contribution is -2.20. The normalized spacial score (nSPS) is 11.7. The molecule has 0 saturated heterocycles. The van der Waals surface area contributed by atoms with Crippen LogP contribution in [0.3, 0.4) is 0 Å². The first-order chi connectivity index (χ1) is 12.4. The molecule has 0 fully saturated rings. The van der Waals surface area contributed by atoms with Crippen LogP contribution >= 0.6 is 0 Å². The molecule has 26 heavy (non-hydrogen) atoms. The Morgan fingerprint density at radius 1 is 1.00 bits per heavy atom. The molecule has 0 aliphatic carbocycles. The number of anilines is 1. The lowest BCUT2D eigenvalue weighted by atomic mass is 10.1. The molecule has 0 aliphatic rings. The van der Waals surface area contributed by atoms with Crippen LogP contribution in [0.2, 0.25) is 0 Å². The number of aliphatic hydroxyl groups excluding tert-OH is 1. The molecule has 0 spiro atoms. The third-order valence-corrected chi connectivity index (χ3v) is 4.50. The van der Waals surface area contributed by atoms with Crippen molar-refractivity contribution in [2.75, 3.05) is 31.7 Å². The maximum Gasteiger partial charge on any atom is 0.449 e. The highest BCUT2D eigenvalue weighted by Crippen LogP contribution is 2.18. The van der Waals surface area contributed by atoms with Crippen molar-refractivity contribution >= 4 is 28.2 Å². The lowest BCUT2D eigenvalue weighted by Gasteiger charge is -2.17. The number of hydrogen-bond acceptors (Lipinski definition) is 6. The van der Waals surface area contributed by atoms with E-state index in [4.69, 9.17) is 9.29 Å². The van der Waals surface area contributed by atoms with Gasteiger partial charge in [0.2, 0.25) is 0 Å². The number of hydrogen-bond donors (Lipinski definition) is 1. The molecular weight excluding hydrogens is 354 g/mol. The zero-order valence-electron chi connectivity index (χ0n) is 14.8. The fourth-order valence-corrected chi connectivity index (χ4v) is 2.92. The molecular formula is C19H23NO5S. The molecule has 0 heterocycles. The second kappa shape index (κ2) is 9.38. The average molecular weight is 377 g/mol. The van der Waals surface area contributed by atoms with Gasteiger partial charge in [0, 0.05) is 19.3 Å². The summed E-state index contributed by atoms with van der Waals surface area (Å²) in [7, 11) is -2.08. The summed E-state index contributed by atoms with van der Waals surface area (Å²) in [6, 6.07) is 14.6. The quantitative estimate of drug-likeness (QED) is 0.677. The van der Waals surface area contributed by atoms with Crippen molar-refractivity contribution in [1.29, 1.82) is 0 Å². The van der Waals surface area contributed by atoms with Gasteiger partial charge in [0.15, 0.2) is 0 Å². The second-order valence-electron chi connectivity index (χ2n) is 5.54. The molecule has 0 unspecified atom stereocenters. The Balaban J connectivity index is 2.00. The summed E-state index contributed by atoms with van der Waals surface area (Å²) in [5.74, 6) is 0.201. The van der Waals surface area contributed by atoms with Crippen molar-refractivity contribution in [2.45, 2.75) is 6.92 Å². The van der Waals surface area contributed by atoms with Crippen molar-refractivity contribution in [3.8, 4) is 5.75 Å². The molecule has 0 bridgehead atoms. The van der Waals surface area contributed by atoms with E-state index in [0.717, 1.165) is 16.8 Å². The van der Waals surface area contributed by atoms with E-state index in [1.807, 2.05) is 48.4 Å². The largest absolute Gasteiger partial charge is 0.449 e. The van der Waals surface area contributed by atoms with Gasteiger partial charge in [0.25, 0.3) is 0 Å². The first kappa shape index (κ1) is 20.0. The number of likely N-dealkylation sites (N-methyl/N-ethyl adjacent to an activating group) is 1. The van der Waals surface area contributed by atoms with Crippen LogP contribution < -0.4 is 9.08 Å². The van der Waals surface area contributed by atoms with Crippen LogP contribution in [0.1, 0.15) is 18.1 Å². The van der Waals surface area contributed by atoms with Gasteiger partial charge in [-0.1, -0.05) is 36.4 Å². The molecule has 1 N–H and O–H groups in total. The zero-order chi connectivity index (χ0) is 19.0. The van der Waals surface area contributed by atoms with Crippen molar-refractivity contribution in [3.05, 3.63) is 59.7 Å². The van der Waals surface area contributed by atoms with E-state index in [0.29, 0.717) is 6.54 Å². The summed E-state index contributed by atoms with van der Waals surface area (Å²) in [5, 5.41) is 8.97. The van der Waals surface area contributed by atoms with Gasteiger partial charge in [0.1, 0.15) is 5.75 Å². The molecule has 140 valence electrons. The summed E-state index contributed by atoms with van der Waals surface area (Å²) >= 11 is 0. The van der Waals surface area contributed by atoms with E-state index < -0.39 is 10.4 Å². The van der Waals surface area contributed by atoms with Crippen LogP contribution in [0.25, 0.3) is 12.2 Å². The van der Waals surface area contributed by atoms with Gasteiger partial charge in [-0.2, -0.15) is 8.42 Å². The standard InChI is InChI=1S/C19H23NO5S/c1-3-24-26(22,23)25-19-12-8-17(9-13-19)5-4-16-6-10-18(11-7-16)20(2)14-15-21/h4-13,21H,3,14-15H2,1-2H3/b5-4+. The lowest BCUT2D eigenvalue weighted by molar-refractivity contribution is 0.288. The fraction of sp³-hybridized carbons (Fsp3) is 0.263. The summed E-state index contributed by atoms with van der Waals surface area (Å²) in [6.07, 6.45) is 3.88. The molecule has 0 atom stereocenters. The van der Waals surface area contributed by atoms with Crippen molar-refractivity contribution in [1.82, 2.24) is 0 Å². The van der Waals surface area contributed by atoms with E-state index in [9.17, 15) is 8.42 Å². The monoisotopic (exact) mass is 377 g/mol. The molecule has 6 nitrogen and oxygen atoms in total. The van der Waals surface area contributed by atoms with Gasteiger partial charge >= 0.3 is 10.4 Å². The first-order valence-electron chi connectivity index (χ1n) is 8.22. The molecule has 0 saturated carbocycles. The van der Waals surface area contributed by atoms with Crippen molar-refractivity contribution in [2.24, 2.45) is 0 Å². The third kappa shape index (κ3) is 6.18. The zero-order valence-corrected chi connectivity index (χ0v) is 15.6. The number of aliphatic hydroxyl groups is 1. The van der Waals surface area contributed by atoms with Crippen LogP contribution in [0.15, 0.2) is 48.5 Å². The van der Waals surface area contributed by atoms with Gasteiger partial charge < -0.3 is 14.2 Å². The predicted octanol–water partition coefficient (Wildman–Crippen LogP) is 2.95. The fourth-order valence-electron chi connectivity index (χ4n) is 2.23. The molecule has 2 aromatic rings. The molecule has 2 aromatic carbocycles. The van der Waals surface area contributed by atoms with Gasteiger partial charge in [-0.25, -0.2) is 4.18 Å². The highest BCUT2D eigenvalue weighted by Gasteiger charge is 2.11. The van der Waals surface area contributed by atoms with Gasteiger partial charge in [-0.3, -0.25) is 0 Å². The maximum absolute atomic E-state index is 11.4. The Bertz CT molecular complexity index is 814. The Labute approximate surface area is 154 Å². The average Bonchev–Trinajstić information content (AvgIpc) is 2.61. The molecule has 0 radical (unpaired) electrons. The van der Waals surface area contributed by atoms with Crippen LogP contribution in [0.4, 0.5) is 5.69 Å². The van der Waals surface area contributed by atoms with Crippen LogP contribution in [0.5, 0.6) is 5.75 Å². The van der Waals surface area contributed by atoms with Crippen molar-refractivity contribution < 1.29 is 21.9 Å². The summed E-state index contributed by atoms with van der Waals surface area (Å²) in [4.78, 5) is 1.97. The van der Waals surface area contributed by atoms with E-state index >= 15 is 0 Å².